The molecule has 1 aliphatic heterocycles. The van der Waals surface area contributed by atoms with E-state index in [1.165, 1.54) is 12.8 Å². The van der Waals surface area contributed by atoms with Crippen LogP contribution in [-0.2, 0) is 24.4 Å². The third-order valence-electron chi connectivity index (χ3n) is 4.70. The Morgan fingerprint density at radius 2 is 1.63 bits per heavy atom. The van der Waals surface area contributed by atoms with Crippen LogP contribution in [0.5, 0.6) is 0 Å². The first-order valence-corrected chi connectivity index (χ1v) is 9.83. The van der Waals surface area contributed by atoms with Crippen LogP contribution in [0.3, 0.4) is 0 Å². The minimum absolute atomic E-state index is 0.112. The van der Waals surface area contributed by atoms with Gasteiger partial charge in [0.2, 0.25) is 0 Å². The smallest absolute Gasteiger partial charge is 0.367 e. The highest BCUT2D eigenvalue weighted by Gasteiger charge is 2.27. The second-order valence-electron chi connectivity index (χ2n) is 7.18. The molecule has 1 aromatic carbocycles. The molecule has 6 nitrogen and oxygen atoms in total. The number of anilines is 1. The Morgan fingerprint density at radius 1 is 1.00 bits per heavy atom. The maximum absolute atomic E-state index is 12.1. The standard InChI is InChI=1S/C21H25F3N4O2/c22-21(23,24)15-30-14-17-5-3-16(4-6-17)12-26-20(29)27-13-18-7-8-25-19(11-18)28-9-1-2-10-28/h3-8,11H,1-2,9-10,12-15H2,(H2,26,27,29). The van der Waals surface area contributed by atoms with E-state index in [0.29, 0.717) is 18.7 Å². The van der Waals surface area contributed by atoms with E-state index in [9.17, 15) is 18.0 Å². The van der Waals surface area contributed by atoms with Crippen molar-refractivity contribution in [3.63, 3.8) is 0 Å². The summed E-state index contributed by atoms with van der Waals surface area (Å²) < 4.78 is 40.9. The van der Waals surface area contributed by atoms with Crippen LogP contribution < -0.4 is 15.5 Å². The first kappa shape index (κ1) is 21.9. The van der Waals surface area contributed by atoms with E-state index >= 15 is 0 Å². The van der Waals surface area contributed by atoms with Crippen LogP contribution in [0.4, 0.5) is 23.8 Å². The Kier molecular flexibility index (Phi) is 7.51. The fraction of sp³-hybridized carbons (Fsp3) is 0.429. The second kappa shape index (κ2) is 10.3. The van der Waals surface area contributed by atoms with Crippen LogP contribution in [0, 0.1) is 0 Å². The molecule has 1 saturated heterocycles. The van der Waals surface area contributed by atoms with Crippen LogP contribution in [0.1, 0.15) is 29.5 Å². The summed E-state index contributed by atoms with van der Waals surface area (Å²) in [5.41, 5.74) is 2.45. The predicted molar refractivity (Wildman–Crippen MR) is 107 cm³/mol. The van der Waals surface area contributed by atoms with Crippen molar-refractivity contribution < 1.29 is 22.7 Å². The molecule has 2 amide bonds. The van der Waals surface area contributed by atoms with Gasteiger partial charge >= 0.3 is 12.2 Å². The van der Waals surface area contributed by atoms with Crippen molar-refractivity contribution >= 4 is 11.8 Å². The number of nitrogens with zero attached hydrogens (tertiary/aromatic N) is 2. The normalized spacial score (nSPS) is 14.0. The Hall–Kier alpha value is -2.81. The van der Waals surface area contributed by atoms with Crippen molar-refractivity contribution in [2.24, 2.45) is 0 Å². The van der Waals surface area contributed by atoms with Crippen molar-refractivity contribution in [1.29, 1.82) is 0 Å². The summed E-state index contributed by atoms with van der Waals surface area (Å²) in [5, 5.41) is 5.58. The van der Waals surface area contributed by atoms with Crippen LogP contribution in [-0.4, -0.2) is 36.9 Å². The number of carbonyl (C=O) groups is 1. The number of hydrogen-bond acceptors (Lipinski definition) is 4. The molecule has 0 radical (unpaired) electrons. The molecule has 1 aliphatic rings. The Morgan fingerprint density at radius 3 is 2.30 bits per heavy atom. The molecule has 0 unspecified atom stereocenters. The number of nitrogens with one attached hydrogen (secondary N) is 2. The Balaban J connectivity index is 1.39. The summed E-state index contributed by atoms with van der Waals surface area (Å²) in [5.74, 6) is 0.937. The summed E-state index contributed by atoms with van der Waals surface area (Å²) in [4.78, 5) is 18.7. The fourth-order valence-electron chi connectivity index (χ4n) is 3.15. The highest BCUT2D eigenvalue weighted by atomic mass is 19.4. The van der Waals surface area contributed by atoms with Crippen molar-refractivity contribution in [2.75, 3.05) is 24.6 Å². The van der Waals surface area contributed by atoms with E-state index in [2.05, 4.69) is 25.3 Å². The molecule has 3 rings (SSSR count). The lowest BCUT2D eigenvalue weighted by atomic mass is 10.1. The van der Waals surface area contributed by atoms with E-state index in [-0.39, 0.29) is 12.6 Å². The molecule has 0 spiro atoms. The average Bonchev–Trinajstić information content (AvgIpc) is 3.26. The summed E-state index contributed by atoms with van der Waals surface area (Å²) >= 11 is 0. The number of amides is 2. The number of benzene rings is 1. The Labute approximate surface area is 173 Å². The van der Waals surface area contributed by atoms with E-state index in [1.807, 2.05) is 12.1 Å². The predicted octanol–water partition coefficient (Wildman–Crippen LogP) is 3.76. The minimum Gasteiger partial charge on any atom is -0.367 e. The lowest BCUT2D eigenvalue weighted by Crippen LogP contribution is -2.34. The van der Waals surface area contributed by atoms with Crippen molar-refractivity contribution in [3.05, 3.63) is 59.3 Å². The highest BCUT2D eigenvalue weighted by Crippen LogP contribution is 2.18. The number of ether oxygens (including phenoxy) is 1. The van der Waals surface area contributed by atoms with E-state index in [4.69, 9.17) is 0 Å². The van der Waals surface area contributed by atoms with Crippen LogP contribution in [0.15, 0.2) is 42.6 Å². The van der Waals surface area contributed by atoms with Gasteiger partial charge in [-0.15, -0.1) is 0 Å². The van der Waals surface area contributed by atoms with Gasteiger partial charge in [-0.05, 0) is 41.7 Å². The van der Waals surface area contributed by atoms with Crippen molar-refractivity contribution in [1.82, 2.24) is 15.6 Å². The fourth-order valence-corrected chi connectivity index (χ4v) is 3.15. The van der Waals surface area contributed by atoms with Gasteiger partial charge in [0.25, 0.3) is 0 Å². The zero-order valence-electron chi connectivity index (χ0n) is 16.5. The van der Waals surface area contributed by atoms with Crippen LogP contribution in [0.2, 0.25) is 0 Å². The average molecular weight is 422 g/mol. The number of carbonyl (C=O) groups excluding carboxylic acids is 1. The molecule has 0 bridgehead atoms. The van der Waals surface area contributed by atoms with Crippen molar-refractivity contribution in [2.45, 2.75) is 38.7 Å². The van der Waals surface area contributed by atoms with Gasteiger partial charge in [0, 0.05) is 32.4 Å². The minimum atomic E-state index is -4.33. The van der Waals surface area contributed by atoms with Gasteiger partial charge in [-0.2, -0.15) is 13.2 Å². The largest absolute Gasteiger partial charge is 0.411 e. The number of urea groups is 1. The number of rotatable bonds is 8. The summed E-state index contributed by atoms with van der Waals surface area (Å²) in [6.45, 7) is 1.34. The molecule has 2 aromatic rings. The van der Waals surface area contributed by atoms with Crippen molar-refractivity contribution in [3.8, 4) is 0 Å². The van der Waals surface area contributed by atoms with E-state index in [0.717, 1.165) is 30.0 Å². The number of alkyl halides is 3. The van der Waals surface area contributed by atoms with Gasteiger partial charge in [-0.25, -0.2) is 9.78 Å². The van der Waals surface area contributed by atoms with Gasteiger partial charge in [-0.1, -0.05) is 24.3 Å². The number of aromatic nitrogens is 1. The third-order valence-corrected chi connectivity index (χ3v) is 4.70. The molecular weight excluding hydrogens is 397 g/mol. The maximum atomic E-state index is 12.1. The molecule has 1 fully saturated rings. The number of pyridine rings is 1. The summed E-state index contributed by atoms with van der Waals surface area (Å²) in [7, 11) is 0. The summed E-state index contributed by atoms with van der Waals surface area (Å²) in [6, 6.07) is 10.4. The molecule has 0 atom stereocenters. The number of halogens is 3. The zero-order valence-corrected chi connectivity index (χ0v) is 16.5. The maximum Gasteiger partial charge on any atom is 0.411 e. The first-order valence-electron chi connectivity index (χ1n) is 9.83. The van der Waals surface area contributed by atoms with Gasteiger partial charge in [0.15, 0.2) is 0 Å². The summed E-state index contributed by atoms with van der Waals surface area (Å²) in [6.07, 6.45) is -0.228. The SMILES string of the molecule is O=C(NCc1ccc(COCC(F)(F)F)cc1)NCc1ccnc(N2CCCC2)c1. The molecule has 2 heterocycles. The molecule has 1 aromatic heterocycles. The molecule has 30 heavy (non-hydrogen) atoms. The molecule has 9 heteroatoms. The third kappa shape index (κ3) is 7.22. The molecule has 2 N–H and O–H groups in total. The molecular formula is C21H25F3N4O2. The van der Waals surface area contributed by atoms with Gasteiger partial charge < -0.3 is 20.3 Å². The highest BCUT2D eigenvalue weighted by molar-refractivity contribution is 5.73. The van der Waals surface area contributed by atoms with Crippen LogP contribution >= 0.6 is 0 Å². The second-order valence-corrected chi connectivity index (χ2v) is 7.18. The van der Waals surface area contributed by atoms with E-state index < -0.39 is 12.8 Å². The zero-order chi connectivity index (χ0) is 21.4. The van der Waals surface area contributed by atoms with Gasteiger partial charge in [0.05, 0.1) is 6.61 Å². The topological polar surface area (TPSA) is 66.5 Å². The van der Waals surface area contributed by atoms with Crippen LogP contribution in [0.25, 0.3) is 0 Å². The molecule has 0 aliphatic carbocycles. The van der Waals surface area contributed by atoms with Gasteiger partial charge in [0.1, 0.15) is 12.4 Å². The van der Waals surface area contributed by atoms with E-state index in [1.54, 1.807) is 30.5 Å². The Bertz CT molecular complexity index is 822. The lowest BCUT2D eigenvalue weighted by Gasteiger charge is -2.17. The number of hydrogen-bond donors (Lipinski definition) is 2. The van der Waals surface area contributed by atoms with Gasteiger partial charge in [-0.3, -0.25) is 0 Å². The quantitative estimate of drug-likeness (QED) is 0.680. The molecule has 0 saturated carbocycles. The lowest BCUT2D eigenvalue weighted by molar-refractivity contribution is -0.176. The monoisotopic (exact) mass is 422 g/mol. The molecule has 162 valence electrons. The first-order chi connectivity index (χ1) is 14.4.